The van der Waals surface area contributed by atoms with Crippen LogP contribution in [0, 0.1) is 23.7 Å². The third-order valence-corrected chi connectivity index (χ3v) is 7.76. The number of aliphatic hydroxyl groups is 2. The van der Waals surface area contributed by atoms with Gasteiger partial charge in [0.1, 0.15) is 11.7 Å². The maximum Gasteiger partial charge on any atom is 0.306 e. The monoisotopic (exact) mass is 408 g/mol. The summed E-state index contributed by atoms with van der Waals surface area (Å²) in [5.74, 6) is 1.08. The van der Waals surface area contributed by atoms with Gasteiger partial charge in [-0.15, -0.1) is 0 Å². The van der Waals surface area contributed by atoms with E-state index in [0.717, 1.165) is 19.3 Å². The number of hydrogen-bond donors (Lipinski definition) is 2. The van der Waals surface area contributed by atoms with Crippen molar-refractivity contribution in [2.24, 2.45) is 23.7 Å². The first-order valence-electron chi connectivity index (χ1n) is 11.5. The number of esters is 1. The van der Waals surface area contributed by atoms with Gasteiger partial charge in [0.15, 0.2) is 0 Å². The van der Waals surface area contributed by atoms with Gasteiger partial charge in [-0.2, -0.15) is 0 Å². The Morgan fingerprint density at radius 1 is 1.34 bits per heavy atom. The summed E-state index contributed by atoms with van der Waals surface area (Å²) in [7, 11) is 0. The van der Waals surface area contributed by atoms with Gasteiger partial charge in [-0.05, 0) is 57.8 Å². The fourth-order valence-corrected chi connectivity index (χ4v) is 6.08. The van der Waals surface area contributed by atoms with E-state index in [1.807, 2.05) is 13.8 Å². The summed E-state index contributed by atoms with van der Waals surface area (Å²) in [5.41, 5.74) is -0.892. The quantitative estimate of drug-likeness (QED) is 0.543. The van der Waals surface area contributed by atoms with Crippen LogP contribution in [0.4, 0.5) is 0 Å². The van der Waals surface area contributed by atoms with Crippen molar-refractivity contribution in [2.45, 2.75) is 109 Å². The lowest BCUT2D eigenvalue weighted by Crippen LogP contribution is -2.52. The molecule has 5 nitrogen and oxygen atoms in total. The maximum absolute atomic E-state index is 12.5. The lowest BCUT2D eigenvalue weighted by Gasteiger charge is -2.46. The van der Waals surface area contributed by atoms with Gasteiger partial charge in [-0.1, -0.05) is 32.9 Å². The van der Waals surface area contributed by atoms with E-state index in [1.54, 1.807) is 6.92 Å². The lowest BCUT2D eigenvalue weighted by atomic mass is 9.60. The molecule has 2 aliphatic heterocycles. The van der Waals surface area contributed by atoms with Crippen LogP contribution in [-0.4, -0.2) is 45.7 Å². The van der Waals surface area contributed by atoms with Crippen LogP contribution < -0.4 is 0 Å². The smallest absolute Gasteiger partial charge is 0.306 e. The molecule has 1 aliphatic carbocycles. The van der Waals surface area contributed by atoms with Crippen molar-refractivity contribution >= 4 is 5.97 Å². The summed E-state index contributed by atoms with van der Waals surface area (Å²) in [6, 6.07) is 0. The zero-order valence-electron chi connectivity index (χ0n) is 18.8. The normalized spacial score (nSPS) is 45.3. The standard InChI is InChI=1S/C24H40O5/c1-7-8-19(26)29-24(6)12-11-18(25)23(5,27)13-17-20-15(4)9-10-16(14(2)3)21(20)22(24)28-17/h14,16-18,20-22,25,27H,4,7-13H2,1-3,5-6H3/t16-,17-,18+,20-,21-,22-,23+,24-/m1/s1. The second-order valence-electron chi connectivity index (χ2n) is 10.5. The molecule has 0 aromatic heterocycles. The Morgan fingerprint density at radius 3 is 2.66 bits per heavy atom. The van der Waals surface area contributed by atoms with Crippen LogP contribution in [0.25, 0.3) is 0 Å². The Bertz CT molecular complexity index is 627. The molecule has 5 heteroatoms. The van der Waals surface area contributed by atoms with Gasteiger partial charge in [0.05, 0.1) is 17.8 Å². The molecule has 0 unspecified atom stereocenters. The average molecular weight is 409 g/mol. The van der Waals surface area contributed by atoms with E-state index >= 15 is 0 Å². The van der Waals surface area contributed by atoms with Crippen LogP contribution in [0.5, 0.6) is 0 Å². The average Bonchev–Trinajstić information content (AvgIpc) is 3.00. The molecule has 2 saturated heterocycles. The van der Waals surface area contributed by atoms with Crippen molar-refractivity contribution in [2.75, 3.05) is 0 Å². The van der Waals surface area contributed by atoms with Crippen molar-refractivity contribution in [3.63, 3.8) is 0 Å². The van der Waals surface area contributed by atoms with E-state index in [1.165, 1.54) is 5.57 Å². The number of carbonyl (C=O) groups is 1. The van der Waals surface area contributed by atoms with Crippen LogP contribution in [0.1, 0.15) is 79.6 Å². The molecule has 0 aromatic carbocycles. The Morgan fingerprint density at radius 2 is 2.03 bits per heavy atom. The molecule has 0 spiro atoms. The Hall–Kier alpha value is -0.910. The summed E-state index contributed by atoms with van der Waals surface area (Å²) < 4.78 is 12.7. The zero-order chi connectivity index (χ0) is 21.6. The van der Waals surface area contributed by atoms with Crippen molar-refractivity contribution in [3.05, 3.63) is 12.2 Å². The zero-order valence-corrected chi connectivity index (χ0v) is 18.8. The predicted octanol–water partition coefficient (Wildman–Crippen LogP) is 4.01. The van der Waals surface area contributed by atoms with Gasteiger partial charge in [0, 0.05) is 24.7 Å². The van der Waals surface area contributed by atoms with Gasteiger partial charge in [0.25, 0.3) is 0 Å². The molecule has 0 aromatic rings. The molecule has 3 fully saturated rings. The van der Waals surface area contributed by atoms with Crippen molar-refractivity contribution in [1.29, 1.82) is 0 Å². The molecular weight excluding hydrogens is 368 g/mol. The molecule has 3 rings (SSSR count). The number of rotatable bonds is 4. The van der Waals surface area contributed by atoms with Gasteiger partial charge in [0.2, 0.25) is 0 Å². The molecule has 29 heavy (non-hydrogen) atoms. The summed E-state index contributed by atoms with van der Waals surface area (Å²) in [5, 5.41) is 21.7. The van der Waals surface area contributed by atoms with Crippen LogP contribution >= 0.6 is 0 Å². The Labute approximate surface area is 175 Å². The van der Waals surface area contributed by atoms with E-state index < -0.39 is 17.3 Å². The highest BCUT2D eigenvalue weighted by Crippen LogP contribution is 2.56. The number of hydrogen-bond acceptors (Lipinski definition) is 5. The third kappa shape index (κ3) is 4.28. The highest BCUT2D eigenvalue weighted by atomic mass is 16.6. The van der Waals surface area contributed by atoms with Crippen LogP contribution in [0.2, 0.25) is 0 Å². The largest absolute Gasteiger partial charge is 0.457 e. The second kappa shape index (κ2) is 8.32. The molecule has 8 atom stereocenters. The molecule has 0 amide bonds. The van der Waals surface area contributed by atoms with Gasteiger partial charge in [-0.25, -0.2) is 0 Å². The lowest BCUT2D eigenvalue weighted by molar-refractivity contribution is -0.181. The minimum atomic E-state index is -1.24. The first-order valence-corrected chi connectivity index (χ1v) is 11.5. The number of ether oxygens (including phenoxy) is 2. The number of fused-ring (bicyclic) bond motifs is 5. The summed E-state index contributed by atoms with van der Waals surface area (Å²) in [4.78, 5) is 12.5. The molecule has 0 radical (unpaired) electrons. The van der Waals surface area contributed by atoms with Gasteiger partial charge >= 0.3 is 5.97 Å². The Kier molecular flexibility index (Phi) is 6.53. The summed E-state index contributed by atoms with van der Waals surface area (Å²) >= 11 is 0. The van der Waals surface area contributed by atoms with Crippen LogP contribution in [0.3, 0.4) is 0 Å². The predicted molar refractivity (Wildman–Crippen MR) is 112 cm³/mol. The van der Waals surface area contributed by atoms with E-state index in [-0.39, 0.29) is 30.0 Å². The number of aliphatic hydroxyl groups excluding tert-OH is 1. The fraction of sp³-hybridized carbons (Fsp3) is 0.875. The van der Waals surface area contributed by atoms with E-state index in [4.69, 9.17) is 9.47 Å². The molecule has 166 valence electrons. The Balaban J connectivity index is 2.04. The first-order chi connectivity index (χ1) is 13.5. The second-order valence-corrected chi connectivity index (χ2v) is 10.5. The van der Waals surface area contributed by atoms with E-state index in [9.17, 15) is 15.0 Å². The molecule has 1 saturated carbocycles. The van der Waals surface area contributed by atoms with Crippen molar-refractivity contribution in [1.82, 2.24) is 0 Å². The first kappa shape index (κ1) is 22.8. The van der Waals surface area contributed by atoms with Gasteiger partial charge in [-0.3, -0.25) is 4.79 Å². The maximum atomic E-state index is 12.5. The van der Waals surface area contributed by atoms with Gasteiger partial charge < -0.3 is 19.7 Å². The third-order valence-electron chi connectivity index (χ3n) is 7.76. The molecule has 2 bridgehead atoms. The summed E-state index contributed by atoms with van der Waals surface area (Å²) in [6.45, 7) is 14.5. The van der Waals surface area contributed by atoms with Crippen LogP contribution in [-0.2, 0) is 14.3 Å². The van der Waals surface area contributed by atoms with Crippen LogP contribution in [0.15, 0.2) is 12.2 Å². The SMILES string of the molecule is C=C1CC[C@H](C(C)C)[C@@H]2[C@H]1[C@H]1C[C@](C)(O)[C@@H](O)CC[C@@](C)(OC(=O)CCC)[C@@H]2O1. The topological polar surface area (TPSA) is 76.0 Å². The highest BCUT2D eigenvalue weighted by molar-refractivity contribution is 5.69. The number of carbonyl (C=O) groups excluding carboxylic acids is 1. The fourth-order valence-electron chi connectivity index (χ4n) is 6.08. The van der Waals surface area contributed by atoms with Crippen molar-refractivity contribution in [3.8, 4) is 0 Å². The minimum absolute atomic E-state index is 0.127. The molecule has 3 aliphatic rings. The highest BCUT2D eigenvalue weighted by Gasteiger charge is 2.60. The van der Waals surface area contributed by atoms with E-state index in [0.29, 0.717) is 37.5 Å². The van der Waals surface area contributed by atoms with Crippen molar-refractivity contribution < 1.29 is 24.5 Å². The minimum Gasteiger partial charge on any atom is -0.457 e. The molecular formula is C24H40O5. The van der Waals surface area contributed by atoms with E-state index in [2.05, 4.69) is 20.4 Å². The summed E-state index contributed by atoms with van der Waals surface area (Å²) in [6.07, 6.45) is 3.02. The molecule has 2 N–H and O–H groups in total. The molecule has 2 heterocycles.